The molecule has 5 rings (SSSR count). The number of hydrogen-bond acceptors (Lipinski definition) is 8. The number of thiazole rings is 1. The summed E-state index contributed by atoms with van der Waals surface area (Å²) in [4.78, 5) is 31.4. The first-order valence-electron chi connectivity index (χ1n) is 18.5. The summed E-state index contributed by atoms with van der Waals surface area (Å²) in [5, 5.41) is 16.4. The quantitative estimate of drug-likeness (QED) is 0.103. The van der Waals surface area contributed by atoms with Crippen LogP contribution in [0.4, 0.5) is 10.1 Å². The Morgan fingerprint density at radius 3 is 2.08 bits per heavy atom. The molecule has 262 valence electrons. The fourth-order valence-corrected chi connectivity index (χ4v) is 7.55. The number of nitrogens with zero attached hydrogens (tertiary/aromatic N) is 7. The van der Waals surface area contributed by atoms with E-state index in [0.29, 0.717) is 41.2 Å². The molecule has 0 radical (unpaired) electrons. The molecule has 0 saturated heterocycles. The highest BCUT2D eigenvalue weighted by Crippen LogP contribution is 2.42. The number of allylic oxidation sites excluding steroid dienone is 2. The highest BCUT2D eigenvalue weighted by molar-refractivity contribution is 7.19. The lowest BCUT2D eigenvalue weighted by molar-refractivity contribution is 0.0941. The molecule has 2 aromatic carbocycles. The van der Waals surface area contributed by atoms with Crippen molar-refractivity contribution >= 4 is 33.1 Å². The van der Waals surface area contributed by atoms with Crippen molar-refractivity contribution in [3.63, 3.8) is 0 Å². The van der Waals surface area contributed by atoms with E-state index >= 15 is 0 Å². The third-order valence-corrected chi connectivity index (χ3v) is 10.8. The number of aliphatic imine (C=N–C) groups is 1. The van der Waals surface area contributed by atoms with E-state index < -0.39 is 5.91 Å². The molecular formula is C41H51N7OS. The second-order valence-electron chi connectivity index (χ2n) is 13.4. The lowest BCUT2D eigenvalue weighted by Gasteiger charge is -2.30. The summed E-state index contributed by atoms with van der Waals surface area (Å²) < 4.78 is 1.26. The first kappa shape index (κ1) is 36.9. The molecule has 50 heavy (non-hydrogen) atoms. The third kappa shape index (κ3) is 8.83. The molecule has 3 heterocycles. The zero-order valence-electron chi connectivity index (χ0n) is 30.4. The van der Waals surface area contributed by atoms with Crippen LogP contribution in [0.15, 0.2) is 76.8 Å². The number of benzene rings is 2. The molecule has 1 aliphatic rings. The zero-order valence-corrected chi connectivity index (χ0v) is 31.2. The van der Waals surface area contributed by atoms with Gasteiger partial charge in [-0.05, 0) is 43.6 Å². The van der Waals surface area contributed by atoms with E-state index in [1.807, 2.05) is 36.4 Å². The van der Waals surface area contributed by atoms with Crippen molar-refractivity contribution < 1.29 is 4.79 Å². The maximum atomic E-state index is 13.4. The predicted octanol–water partition coefficient (Wildman–Crippen LogP) is 10.0. The molecule has 4 aromatic rings. The van der Waals surface area contributed by atoms with Gasteiger partial charge in [0, 0.05) is 30.6 Å². The Labute approximate surface area is 302 Å². The topological polar surface area (TPSA) is 100 Å². The summed E-state index contributed by atoms with van der Waals surface area (Å²) in [5.74, 6) is 1.62. The van der Waals surface area contributed by atoms with Crippen molar-refractivity contribution in [3.8, 4) is 17.3 Å². The van der Waals surface area contributed by atoms with Crippen molar-refractivity contribution in [2.24, 2.45) is 16.8 Å². The van der Waals surface area contributed by atoms with Gasteiger partial charge in [0.25, 0.3) is 5.91 Å². The number of aryl methyl sites for hydroxylation is 2. The molecular weight excluding hydrogens is 639 g/mol. The second-order valence-corrected chi connectivity index (χ2v) is 14.3. The fourth-order valence-electron chi connectivity index (χ4n) is 6.56. The maximum Gasteiger partial charge on any atom is 0.291 e. The number of hydrogen-bond donors (Lipinski definition) is 0. The number of aromatic nitrogens is 4. The van der Waals surface area contributed by atoms with E-state index in [1.54, 1.807) is 18.3 Å². The average molecular weight is 690 g/mol. The molecule has 2 unspecified atom stereocenters. The van der Waals surface area contributed by atoms with Gasteiger partial charge in [-0.1, -0.05) is 138 Å². The minimum Gasteiger partial charge on any atom is -0.347 e. The van der Waals surface area contributed by atoms with Gasteiger partial charge in [0.1, 0.15) is 28.0 Å². The molecule has 2 atom stereocenters. The van der Waals surface area contributed by atoms with E-state index in [0.717, 1.165) is 53.7 Å². The van der Waals surface area contributed by atoms with E-state index in [4.69, 9.17) is 15.0 Å². The minimum absolute atomic E-state index is 0.0341. The lowest BCUT2D eigenvalue weighted by Crippen LogP contribution is -2.34. The molecule has 0 saturated carbocycles. The molecule has 0 bridgehead atoms. The Hall–Kier alpha value is -4.42. The maximum absolute atomic E-state index is 13.4. The van der Waals surface area contributed by atoms with E-state index in [2.05, 4.69) is 68.0 Å². The molecule has 9 heteroatoms. The Morgan fingerprint density at radius 1 is 0.880 bits per heavy atom. The Bertz CT molecular complexity index is 1800. The Morgan fingerprint density at radius 2 is 1.50 bits per heavy atom. The van der Waals surface area contributed by atoms with Gasteiger partial charge >= 0.3 is 0 Å². The van der Waals surface area contributed by atoms with Gasteiger partial charge < -0.3 is 4.90 Å². The molecule has 0 N–H and O–H groups in total. The number of carbonyl (C=O) groups is 1. The van der Waals surface area contributed by atoms with Crippen LogP contribution in [0.5, 0.6) is 0 Å². The van der Waals surface area contributed by atoms with Gasteiger partial charge in [-0.15, -0.1) is 5.10 Å². The number of fused-ring (bicyclic) bond motifs is 1. The van der Waals surface area contributed by atoms with Crippen LogP contribution in [0.2, 0.25) is 0 Å². The average Bonchev–Trinajstić information content (AvgIpc) is 3.78. The summed E-state index contributed by atoms with van der Waals surface area (Å²) >= 11 is 1.59. The first-order chi connectivity index (χ1) is 24.4. The third-order valence-electron chi connectivity index (χ3n) is 9.76. The van der Waals surface area contributed by atoms with Crippen LogP contribution in [0.1, 0.15) is 108 Å². The summed E-state index contributed by atoms with van der Waals surface area (Å²) in [6, 6.07) is 22.5. The monoisotopic (exact) mass is 689 g/mol. The fraction of sp³-hybridized carbons (Fsp3) is 0.463. The van der Waals surface area contributed by atoms with Crippen LogP contribution in [-0.4, -0.2) is 44.5 Å². The molecule has 1 aliphatic heterocycles. The van der Waals surface area contributed by atoms with Crippen molar-refractivity contribution in [1.29, 1.82) is 5.26 Å². The molecule has 0 amide bonds. The van der Waals surface area contributed by atoms with E-state index in [1.165, 1.54) is 48.8 Å². The van der Waals surface area contributed by atoms with Crippen LogP contribution >= 0.6 is 11.3 Å². The predicted molar refractivity (Wildman–Crippen MR) is 205 cm³/mol. The van der Waals surface area contributed by atoms with Crippen LogP contribution < -0.4 is 4.90 Å². The summed E-state index contributed by atoms with van der Waals surface area (Å²) in [7, 11) is 0. The van der Waals surface area contributed by atoms with Crippen molar-refractivity contribution in [2.45, 2.75) is 98.8 Å². The SMILES string of the molecule is CCCCC(CC)CN(CC(CC)CCCC)c1nc(-c2ccccc2)c(N=C2C(C)=C(C#N)C(=O)n3nc(CCc4ccccc4)nc32)s1. The number of nitriles is 1. The van der Waals surface area contributed by atoms with Gasteiger partial charge in [-0.3, -0.25) is 4.79 Å². The number of carbonyl (C=O) groups excluding carboxylic acids is 1. The van der Waals surface area contributed by atoms with Crippen LogP contribution in [0, 0.1) is 23.2 Å². The summed E-state index contributed by atoms with van der Waals surface area (Å²) in [6.07, 6.45) is 10.8. The zero-order chi connectivity index (χ0) is 35.5. The lowest BCUT2D eigenvalue weighted by atomic mass is 9.96. The van der Waals surface area contributed by atoms with Gasteiger partial charge in [-0.2, -0.15) is 9.94 Å². The molecule has 8 nitrogen and oxygen atoms in total. The standard InChI is InChI=1S/C41H51N7OS/c1-6-10-18-30(8-3)27-47(28-31(9-4)19-11-7-2)41-45-37(33-22-16-13-17-23-33)39(50-41)44-36-29(5)34(26-42)40(49)48-38(36)43-35(46-48)25-24-32-20-14-12-15-21-32/h12-17,20-23,30-31H,6-11,18-19,24-25,27-28H2,1-5H3. The summed E-state index contributed by atoms with van der Waals surface area (Å²) in [6.45, 7) is 12.8. The number of anilines is 1. The van der Waals surface area contributed by atoms with Gasteiger partial charge in [0.2, 0.25) is 0 Å². The second kappa shape index (κ2) is 18.0. The molecule has 0 aliphatic carbocycles. The smallest absolute Gasteiger partial charge is 0.291 e. The van der Waals surface area contributed by atoms with Gasteiger partial charge in [0.05, 0.1) is 0 Å². The van der Waals surface area contributed by atoms with Crippen molar-refractivity contribution in [1.82, 2.24) is 19.7 Å². The van der Waals surface area contributed by atoms with E-state index in [-0.39, 0.29) is 5.57 Å². The Kier molecular flexibility index (Phi) is 13.3. The van der Waals surface area contributed by atoms with E-state index in [9.17, 15) is 10.1 Å². The summed E-state index contributed by atoms with van der Waals surface area (Å²) in [5.41, 5.74) is 3.97. The van der Waals surface area contributed by atoms with Crippen LogP contribution in [0.3, 0.4) is 0 Å². The first-order valence-corrected chi connectivity index (χ1v) is 19.3. The molecule has 0 fully saturated rings. The van der Waals surface area contributed by atoms with Crippen LogP contribution in [-0.2, 0) is 12.8 Å². The van der Waals surface area contributed by atoms with Crippen molar-refractivity contribution in [2.75, 3.05) is 18.0 Å². The highest BCUT2D eigenvalue weighted by atomic mass is 32.1. The van der Waals surface area contributed by atoms with Gasteiger partial charge in [-0.25, -0.2) is 15.0 Å². The van der Waals surface area contributed by atoms with Crippen LogP contribution in [0.25, 0.3) is 11.3 Å². The number of rotatable bonds is 18. The highest BCUT2D eigenvalue weighted by Gasteiger charge is 2.33. The Balaban J connectivity index is 1.60. The largest absolute Gasteiger partial charge is 0.347 e. The number of unbranched alkanes of at least 4 members (excludes halogenated alkanes) is 2. The normalized spacial score (nSPS) is 14.9. The van der Waals surface area contributed by atoms with Crippen molar-refractivity contribution in [3.05, 3.63) is 89.0 Å². The minimum atomic E-state index is -0.466. The molecule has 2 aromatic heterocycles. The van der Waals surface area contributed by atoms with Gasteiger partial charge in [0.15, 0.2) is 16.8 Å². The molecule has 0 spiro atoms.